The molecule has 4 aromatic carbocycles. The molecule has 2 aromatic heterocycles. The Bertz CT molecular complexity index is 1860. The van der Waals surface area contributed by atoms with Gasteiger partial charge in [-0.2, -0.15) is 0 Å². The Balaban J connectivity index is 0.00000217. The average Bonchev–Trinajstić information content (AvgIpc) is 3.35. The molecule has 1 aliphatic rings. The molecular weight excluding hydrogens is 752 g/mol. The quantitative estimate of drug-likeness (QED) is 0.166. The summed E-state index contributed by atoms with van der Waals surface area (Å²) in [6.07, 6.45) is 0. The van der Waals surface area contributed by atoms with Crippen LogP contribution >= 0.6 is 0 Å². The van der Waals surface area contributed by atoms with E-state index < -0.39 is 5.41 Å². The van der Waals surface area contributed by atoms with Crippen molar-refractivity contribution >= 4 is 0 Å². The fraction of sp³-hybridized carbons (Fsp3) is 0.205. The fourth-order valence-corrected chi connectivity index (χ4v) is 6.61. The summed E-state index contributed by atoms with van der Waals surface area (Å²) >= 11 is 0. The molecule has 0 N–H and O–H groups in total. The molecule has 2 heterocycles. The summed E-state index contributed by atoms with van der Waals surface area (Å²) in [5.41, 5.74) is 12.4. The van der Waals surface area contributed by atoms with Crippen LogP contribution in [0.15, 0.2) is 121 Å². The van der Waals surface area contributed by atoms with E-state index in [9.17, 15) is 0 Å². The van der Waals surface area contributed by atoms with Gasteiger partial charge < -0.3 is 7.43 Å². The predicted octanol–water partition coefficient (Wildman–Crippen LogP) is 10.8. The number of benzene rings is 4. The normalized spacial score (nSPS) is 13.1. The Hall–Kier alpha value is -4.13. The van der Waals surface area contributed by atoms with Crippen LogP contribution in [0.1, 0.15) is 75.2 Å². The SMILES string of the molecule is CC(C)(C)c1c[c-]c(-c2cccc(C3(c4cccc(-c5[c-]cc(C(C)(C)C)cc5)n4)c4ccccc4-c4ccccc43)n2)cc1.[CH3-].[Pt]. The zero-order chi connectivity index (χ0) is 31.4. The van der Waals surface area contributed by atoms with Gasteiger partial charge in [0.2, 0.25) is 0 Å². The van der Waals surface area contributed by atoms with E-state index in [1.807, 2.05) is 0 Å². The fourth-order valence-electron chi connectivity index (χ4n) is 6.61. The van der Waals surface area contributed by atoms with Crippen molar-refractivity contribution < 1.29 is 21.1 Å². The van der Waals surface area contributed by atoms with E-state index in [0.717, 1.165) is 33.9 Å². The Labute approximate surface area is 295 Å². The summed E-state index contributed by atoms with van der Waals surface area (Å²) in [6.45, 7) is 13.4. The van der Waals surface area contributed by atoms with Crippen molar-refractivity contribution in [3.05, 3.63) is 175 Å². The van der Waals surface area contributed by atoms with Gasteiger partial charge in [-0.3, -0.25) is 9.97 Å². The van der Waals surface area contributed by atoms with E-state index in [0.29, 0.717) is 0 Å². The van der Waals surface area contributed by atoms with Crippen LogP contribution in [0.4, 0.5) is 0 Å². The molecule has 0 amide bonds. The van der Waals surface area contributed by atoms with Crippen LogP contribution in [0, 0.1) is 19.6 Å². The van der Waals surface area contributed by atoms with Crippen molar-refractivity contribution in [2.45, 2.75) is 57.8 Å². The molecule has 47 heavy (non-hydrogen) atoms. The van der Waals surface area contributed by atoms with Crippen molar-refractivity contribution in [3.63, 3.8) is 0 Å². The Morgan fingerprint density at radius 1 is 0.489 bits per heavy atom. The summed E-state index contributed by atoms with van der Waals surface area (Å²) in [5, 5.41) is 0. The number of pyridine rings is 2. The second-order valence-electron chi connectivity index (χ2n) is 14.1. The molecule has 6 aromatic rings. The number of aromatic nitrogens is 2. The summed E-state index contributed by atoms with van der Waals surface area (Å²) in [7, 11) is 0. The summed E-state index contributed by atoms with van der Waals surface area (Å²) in [5.74, 6) is 0. The molecule has 0 radical (unpaired) electrons. The molecule has 0 saturated heterocycles. The van der Waals surface area contributed by atoms with Gasteiger partial charge >= 0.3 is 0 Å². The second-order valence-corrected chi connectivity index (χ2v) is 14.1. The number of hydrogen-bond donors (Lipinski definition) is 0. The third kappa shape index (κ3) is 5.94. The maximum atomic E-state index is 5.43. The monoisotopic (exact) mass is 792 g/mol. The van der Waals surface area contributed by atoms with Crippen molar-refractivity contribution in [1.29, 1.82) is 0 Å². The molecule has 0 bridgehead atoms. The van der Waals surface area contributed by atoms with Crippen molar-refractivity contribution in [2.75, 3.05) is 0 Å². The summed E-state index contributed by atoms with van der Waals surface area (Å²) < 4.78 is 0. The summed E-state index contributed by atoms with van der Waals surface area (Å²) in [6, 6.07) is 50.1. The molecule has 7 rings (SSSR count). The maximum absolute atomic E-state index is 5.43. The standard InChI is InChI=1S/C43H38N2.CH3.Pt/c1-41(2,3)31-25-21-29(22-26-31)37-17-11-19-39(44-37)43(35-15-9-7-13-33(35)34-14-8-10-16-36(34)43)40-20-12-18-38(45-40)30-23-27-32(28-24-30)42(4,5)6;;/h7-21,23,25-28H,1-6H3;1H3;/q-2;-1;. The predicted molar refractivity (Wildman–Crippen MR) is 192 cm³/mol. The van der Waals surface area contributed by atoms with Gasteiger partial charge in [-0.25, -0.2) is 0 Å². The van der Waals surface area contributed by atoms with Crippen LogP contribution in [-0.2, 0) is 37.3 Å². The average molecular weight is 793 g/mol. The van der Waals surface area contributed by atoms with Crippen LogP contribution in [0.2, 0.25) is 0 Å². The minimum absolute atomic E-state index is 0. The first-order chi connectivity index (χ1) is 21.6. The first-order valence-electron chi connectivity index (χ1n) is 15.8. The Morgan fingerprint density at radius 2 is 0.894 bits per heavy atom. The van der Waals surface area contributed by atoms with Gasteiger partial charge in [0, 0.05) is 21.1 Å². The molecule has 0 aliphatic heterocycles. The number of hydrogen-bond acceptors (Lipinski definition) is 2. The van der Waals surface area contributed by atoms with E-state index in [1.165, 1.54) is 33.4 Å². The molecule has 0 atom stereocenters. The molecule has 0 unspecified atom stereocenters. The zero-order valence-electron chi connectivity index (χ0n) is 28.3. The minimum atomic E-state index is -0.699. The second kappa shape index (κ2) is 12.8. The van der Waals surface area contributed by atoms with Gasteiger partial charge in [0.1, 0.15) is 5.41 Å². The Kier molecular flexibility index (Phi) is 9.33. The number of rotatable bonds is 4. The largest absolute Gasteiger partial charge is 0.358 e. The number of nitrogens with zero attached hydrogens (tertiary/aromatic N) is 2. The molecule has 1 aliphatic carbocycles. The zero-order valence-corrected chi connectivity index (χ0v) is 30.5. The molecule has 3 heteroatoms. The van der Waals surface area contributed by atoms with E-state index >= 15 is 0 Å². The van der Waals surface area contributed by atoms with Gasteiger partial charge in [0.25, 0.3) is 0 Å². The topological polar surface area (TPSA) is 25.8 Å². The first-order valence-corrected chi connectivity index (χ1v) is 15.8. The van der Waals surface area contributed by atoms with E-state index in [2.05, 4.69) is 175 Å². The molecule has 2 nitrogen and oxygen atoms in total. The molecule has 0 spiro atoms. The van der Waals surface area contributed by atoms with Crippen molar-refractivity contribution in [3.8, 4) is 33.6 Å². The van der Waals surface area contributed by atoms with Crippen molar-refractivity contribution in [1.82, 2.24) is 9.97 Å². The van der Waals surface area contributed by atoms with Gasteiger partial charge in [-0.05, 0) is 56.6 Å². The third-order valence-electron chi connectivity index (χ3n) is 9.13. The third-order valence-corrected chi connectivity index (χ3v) is 9.13. The maximum Gasteiger partial charge on any atom is 0.104 e. The van der Waals surface area contributed by atoms with E-state index in [-0.39, 0.29) is 39.3 Å². The van der Waals surface area contributed by atoms with Gasteiger partial charge in [-0.1, -0.05) is 114 Å². The Morgan fingerprint density at radius 3 is 1.26 bits per heavy atom. The minimum Gasteiger partial charge on any atom is -0.358 e. The molecule has 0 saturated carbocycles. The summed E-state index contributed by atoms with van der Waals surface area (Å²) in [4.78, 5) is 10.9. The molecular formula is C44H41N2Pt-3. The van der Waals surface area contributed by atoms with Crippen molar-refractivity contribution in [2.24, 2.45) is 0 Å². The van der Waals surface area contributed by atoms with Gasteiger partial charge in [-0.15, -0.1) is 70.8 Å². The molecule has 0 fully saturated rings. The van der Waals surface area contributed by atoms with Crippen LogP contribution in [-0.4, -0.2) is 9.97 Å². The van der Waals surface area contributed by atoms with Crippen LogP contribution in [0.3, 0.4) is 0 Å². The van der Waals surface area contributed by atoms with Crippen LogP contribution < -0.4 is 0 Å². The van der Waals surface area contributed by atoms with Crippen LogP contribution in [0.5, 0.6) is 0 Å². The number of fused-ring (bicyclic) bond motifs is 3. The van der Waals surface area contributed by atoms with E-state index in [1.54, 1.807) is 0 Å². The molecule has 240 valence electrons. The van der Waals surface area contributed by atoms with E-state index in [4.69, 9.17) is 9.97 Å². The smallest absolute Gasteiger partial charge is 0.104 e. The van der Waals surface area contributed by atoms with Gasteiger partial charge in [0.15, 0.2) is 0 Å². The first kappa shape index (κ1) is 34.2. The van der Waals surface area contributed by atoms with Gasteiger partial charge in [0.05, 0.1) is 11.4 Å². The van der Waals surface area contributed by atoms with Crippen LogP contribution in [0.25, 0.3) is 33.6 Å².